The van der Waals surface area contributed by atoms with Gasteiger partial charge in [0.1, 0.15) is 11.5 Å². The summed E-state index contributed by atoms with van der Waals surface area (Å²) in [6, 6.07) is 14.2. The van der Waals surface area contributed by atoms with Gasteiger partial charge >= 0.3 is 0 Å². The molecule has 0 amide bonds. The van der Waals surface area contributed by atoms with Crippen molar-refractivity contribution in [3.8, 4) is 16.9 Å². The lowest BCUT2D eigenvalue weighted by molar-refractivity contribution is 0.628. The predicted octanol–water partition coefficient (Wildman–Crippen LogP) is 4.12. The third-order valence-corrected chi connectivity index (χ3v) is 3.48. The van der Waals surface area contributed by atoms with Crippen molar-refractivity contribution in [1.82, 2.24) is 15.0 Å². The van der Waals surface area contributed by atoms with Gasteiger partial charge in [-0.15, -0.1) is 16.7 Å². The maximum absolute atomic E-state index is 13.1. The zero-order valence-corrected chi connectivity index (χ0v) is 12.2. The van der Waals surface area contributed by atoms with Crippen LogP contribution in [0.1, 0.15) is 11.3 Å². The molecule has 0 spiro atoms. The van der Waals surface area contributed by atoms with E-state index in [1.165, 1.54) is 12.1 Å². The minimum atomic E-state index is -0.277. The fourth-order valence-corrected chi connectivity index (χ4v) is 2.42. The molecule has 0 aliphatic rings. The van der Waals surface area contributed by atoms with E-state index >= 15 is 0 Å². The van der Waals surface area contributed by atoms with Crippen LogP contribution in [0.3, 0.4) is 0 Å². The average molecular weight is 302 g/mol. The van der Waals surface area contributed by atoms with Gasteiger partial charge in [0, 0.05) is 5.56 Å². The minimum absolute atomic E-state index is 0.249. The van der Waals surface area contributed by atoms with Gasteiger partial charge in [0.15, 0.2) is 0 Å². The molecule has 3 nitrogen and oxygen atoms in total. The average Bonchev–Trinajstić information content (AvgIpc) is 2.92. The monoisotopic (exact) mass is 301 g/mol. The standard InChI is InChI=1S/C16H13ClFN3/c1-11-3-2-4-14(9-11)21-16(15(10-17)19-20-21)12-5-7-13(18)8-6-12/h2-9H,10H2,1H3. The lowest BCUT2D eigenvalue weighted by Gasteiger charge is -2.08. The van der Waals surface area contributed by atoms with Crippen molar-refractivity contribution in [1.29, 1.82) is 0 Å². The van der Waals surface area contributed by atoms with Gasteiger partial charge in [0.2, 0.25) is 0 Å². The fourth-order valence-electron chi connectivity index (χ4n) is 2.24. The second-order valence-electron chi connectivity index (χ2n) is 4.78. The van der Waals surface area contributed by atoms with Gasteiger partial charge in [-0.25, -0.2) is 9.07 Å². The Labute approximate surface area is 127 Å². The van der Waals surface area contributed by atoms with Crippen LogP contribution in [0.25, 0.3) is 16.9 Å². The van der Waals surface area contributed by atoms with Crippen molar-refractivity contribution in [3.05, 3.63) is 65.6 Å². The Kier molecular flexibility index (Phi) is 3.71. The summed E-state index contributed by atoms with van der Waals surface area (Å²) in [5, 5.41) is 8.31. The van der Waals surface area contributed by atoms with Gasteiger partial charge in [-0.3, -0.25) is 0 Å². The Hall–Kier alpha value is -2.20. The molecule has 0 N–H and O–H groups in total. The number of halogens is 2. The van der Waals surface area contributed by atoms with Gasteiger partial charge in [0.25, 0.3) is 0 Å². The maximum atomic E-state index is 13.1. The van der Waals surface area contributed by atoms with Crippen LogP contribution in [-0.4, -0.2) is 15.0 Å². The number of rotatable bonds is 3. The first-order valence-electron chi connectivity index (χ1n) is 6.52. The predicted molar refractivity (Wildman–Crippen MR) is 81.0 cm³/mol. The topological polar surface area (TPSA) is 30.7 Å². The number of benzene rings is 2. The summed E-state index contributed by atoms with van der Waals surface area (Å²) >= 11 is 5.96. The highest BCUT2D eigenvalue weighted by Crippen LogP contribution is 2.26. The van der Waals surface area contributed by atoms with E-state index in [-0.39, 0.29) is 11.7 Å². The lowest BCUT2D eigenvalue weighted by atomic mass is 10.1. The first-order valence-corrected chi connectivity index (χ1v) is 7.06. The van der Waals surface area contributed by atoms with E-state index in [4.69, 9.17) is 11.6 Å². The lowest BCUT2D eigenvalue weighted by Crippen LogP contribution is -2.00. The summed E-state index contributed by atoms with van der Waals surface area (Å²) in [6.45, 7) is 2.01. The molecular weight excluding hydrogens is 289 g/mol. The summed E-state index contributed by atoms with van der Waals surface area (Å²) in [4.78, 5) is 0. The molecule has 2 aromatic carbocycles. The number of aryl methyl sites for hydroxylation is 1. The molecule has 21 heavy (non-hydrogen) atoms. The summed E-state index contributed by atoms with van der Waals surface area (Å²) in [5.41, 5.74) is 4.32. The van der Waals surface area contributed by atoms with Gasteiger partial charge in [-0.05, 0) is 48.9 Å². The van der Waals surface area contributed by atoms with E-state index in [0.29, 0.717) is 5.69 Å². The summed E-state index contributed by atoms with van der Waals surface area (Å²) < 4.78 is 14.9. The molecule has 3 aromatic rings. The third-order valence-electron chi connectivity index (χ3n) is 3.23. The molecule has 0 atom stereocenters. The van der Waals surface area contributed by atoms with Crippen molar-refractivity contribution >= 4 is 11.6 Å². The molecule has 1 aromatic heterocycles. The molecule has 3 rings (SSSR count). The van der Waals surface area contributed by atoms with Crippen molar-refractivity contribution in [2.24, 2.45) is 0 Å². The zero-order chi connectivity index (χ0) is 14.8. The zero-order valence-electron chi connectivity index (χ0n) is 11.4. The molecule has 0 radical (unpaired) electrons. The summed E-state index contributed by atoms with van der Waals surface area (Å²) in [6.07, 6.45) is 0. The van der Waals surface area contributed by atoms with Gasteiger partial charge < -0.3 is 0 Å². The second-order valence-corrected chi connectivity index (χ2v) is 5.04. The van der Waals surface area contributed by atoms with E-state index in [0.717, 1.165) is 22.5 Å². The highest BCUT2D eigenvalue weighted by atomic mass is 35.5. The Morgan fingerprint density at radius 1 is 1.14 bits per heavy atom. The van der Waals surface area contributed by atoms with Crippen molar-refractivity contribution in [2.45, 2.75) is 12.8 Å². The largest absolute Gasteiger partial charge is 0.213 e. The molecule has 0 bridgehead atoms. The third kappa shape index (κ3) is 2.67. The van der Waals surface area contributed by atoms with E-state index in [2.05, 4.69) is 10.3 Å². The van der Waals surface area contributed by atoms with Crippen LogP contribution in [0.4, 0.5) is 4.39 Å². The molecule has 0 fully saturated rings. The van der Waals surface area contributed by atoms with Crippen LogP contribution in [0, 0.1) is 12.7 Å². The van der Waals surface area contributed by atoms with Gasteiger partial charge in [-0.1, -0.05) is 17.3 Å². The molecule has 106 valence electrons. The quantitative estimate of drug-likeness (QED) is 0.681. The van der Waals surface area contributed by atoms with Crippen LogP contribution in [0.5, 0.6) is 0 Å². The molecular formula is C16H13ClFN3. The molecule has 0 saturated carbocycles. The Morgan fingerprint density at radius 3 is 2.57 bits per heavy atom. The van der Waals surface area contributed by atoms with Crippen molar-refractivity contribution in [2.75, 3.05) is 0 Å². The molecule has 1 heterocycles. The second kappa shape index (κ2) is 5.66. The van der Waals surface area contributed by atoms with Crippen LogP contribution < -0.4 is 0 Å². The number of hydrogen-bond donors (Lipinski definition) is 0. The van der Waals surface area contributed by atoms with E-state index < -0.39 is 0 Å². The first-order chi connectivity index (χ1) is 10.2. The highest BCUT2D eigenvalue weighted by Gasteiger charge is 2.15. The number of alkyl halides is 1. The highest BCUT2D eigenvalue weighted by molar-refractivity contribution is 6.17. The molecule has 0 unspecified atom stereocenters. The maximum Gasteiger partial charge on any atom is 0.123 e. The fraction of sp³-hybridized carbons (Fsp3) is 0.125. The minimum Gasteiger partial charge on any atom is -0.213 e. The van der Waals surface area contributed by atoms with Crippen molar-refractivity contribution < 1.29 is 4.39 Å². The summed E-state index contributed by atoms with van der Waals surface area (Å²) in [5.74, 6) is -0.0285. The normalized spacial score (nSPS) is 10.8. The van der Waals surface area contributed by atoms with E-state index in [1.807, 2.05) is 31.2 Å². The van der Waals surface area contributed by atoms with Gasteiger partial charge in [0.05, 0.1) is 17.3 Å². The van der Waals surface area contributed by atoms with Crippen LogP contribution in [0.15, 0.2) is 48.5 Å². The molecule has 0 aliphatic heterocycles. The first kappa shape index (κ1) is 13.8. The Bertz CT molecular complexity index is 765. The van der Waals surface area contributed by atoms with E-state index in [1.54, 1.807) is 16.8 Å². The van der Waals surface area contributed by atoms with Crippen LogP contribution in [0.2, 0.25) is 0 Å². The van der Waals surface area contributed by atoms with E-state index in [9.17, 15) is 4.39 Å². The van der Waals surface area contributed by atoms with Crippen molar-refractivity contribution in [3.63, 3.8) is 0 Å². The Balaban J connectivity index is 2.19. The molecule has 5 heteroatoms. The smallest absolute Gasteiger partial charge is 0.123 e. The summed E-state index contributed by atoms with van der Waals surface area (Å²) in [7, 11) is 0. The van der Waals surface area contributed by atoms with Crippen LogP contribution >= 0.6 is 11.6 Å². The Morgan fingerprint density at radius 2 is 1.90 bits per heavy atom. The SMILES string of the molecule is Cc1cccc(-n2nnc(CCl)c2-c2ccc(F)cc2)c1. The van der Waals surface area contributed by atoms with Crippen LogP contribution in [-0.2, 0) is 5.88 Å². The number of aromatic nitrogens is 3. The number of hydrogen-bond acceptors (Lipinski definition) is 2. The number of nitrogens with zero attached hydrogens (tertiary/aromatic N) is 3. The molecule has 0 saturated heterocycles. The molecule has 0 aliphatic carbocycles. The van der Waals surface area contributed by atoms with Gasteiger partial charge in [-0.2, -0.15) is 0 Å².